The molecule has 0 atom stereocenters. The van der Waals surface area contributed by atoms with Crippen LogP contribution in [0.1, 0.15) is 47.0 Å². The second-order valence-corrected chi connectivity index (χ2v) is 9.97. The fraction of sp³-hybridized carbons (Fsp3) is 0.276. The number of nitrogens with two attached hydrogens (primary N) is 1. The van der Waals surface area contributed by atoms with Gasteiger partial charge in [0.25, 0.3) is 5.91 Å². The van der Waals surface area contributed by atoms with E-state index in [1.807, 2.05) is 18.2 Å². The van der Waals surface area contributed by atoms with Crippen LogP contribution >= 0.6 is 0 Å². The van der Waals surface area contributed by atoms with Gasteiger partial charge in [-0.05, 0) is 56.2 Å². The van der Waals surface area contributed by atoms with Crippen LogP contribution in [0.2, 0.25) is 0 Å². The predicted octanol–water partition coefficient (Wildman–Crippen LogP) is 5.83. The molecule has 4 heterocycles. The summed E-state index contributed by atoms with van der Waals surface area (Å²) in [6.07, 6.45) is -4.24. The lowest BCUT2D eigenvalue weighted by molar-refractivity contribution is -0.140. The Balaban J connectivity index is 1.38. The smallest absolute Gasteiger partial charge is 0.433 e. The first-order valence-corrected chi connectivity index (χ1v) is 12.9. The van der Waals surface area contributed by atoms with Crippen molar-refractivity contribution in [3.05, 3.63) is 76.9 Å². The number of aromatic nitrogens is 3. The molecule has 0 spiro atoms. The molecule has 1 aliphatic rings. The largest absolute Gasteiger partial charge is 0.489 e. The highest BCUT2D eigenvalue weighted by molar-refractivity contribution is 5.98. The number of hydrogen-bond donors (Lipinski definition) is 2. The first kappa shape index (κ1) is 25.9. The number of nitrogens with one attached hydrogen (secondary N) is 1. The van der Waals surface area contributed by atoms with E-state index < -0.39 is 11.9 Å². The number of fused-ring (bicyclic) bond motifs is 4. The van der Waals surface area contributed by atoms with Gasteiger partial charge in [0.05, 0.1) is 19.2 Å². The molecule has 1 aliphatic heterocycles. The average molecular weight is 550 g/mol. The molecule has 2 aromatic carbocycles. The lowest BCUT2D eigenvalue weighted by Gasteiger charge is -2.26. The monoisotopic (exact) mass is 549 g/mol. The highest BCUT2D eigenvalue weighted by atomic mass is 19.4. The highest BCUT2D eigenvalue weighted by Crippen LogP contribution is 2.38. The number of carbonyl (C=O) groups is 1. The third-order valence-electron chi connectivity index (χ3n) is 6.96. The van der Waals surface area contributed by atoms with Crippen LogP contribution in [0.4, 0.5) is 13.2 Å². The van der Waals surface area contributed by atoms with Gasteiger partial charge in [-0.1, -0.05) is 18.2 Å². The summed E-state index contributed by atoms with van der Waals surface area (Å²) in [5.74, 6) is 0.123. The van der Waals surface area contributed by atoms with Crippen molar-refractivity contribution in [1.82, 2.24) is 19.9 Å². The van der Waals surface area contributed by atoms with Crippen molar-refractivity contribution in [2.75, 3.05) is 6.54 Å². The van der Waals surface area contributed by atoms with Crippen molar-refractivity contribution in [1.29, 1.82) is 0 Å². The van der Waals surface area contributed by atoms with Crippen LogP contribution in [-0.2, 0) is 25.7 Å². The molecule has 11 heteroatoms. The predicted molar refractivity (Wildman–Crippen MR) is 143 cm³/mol. The number of rotatable bonds is 5. The summed E-state index contributed by atoms with van der Waals surface area (Å²) < 4.78 is 52.0. The molecule has 40 heavy (non-hydrogen) atoms. The summed E-state index contributed by atoms with van der Waals surface area (Å²) in [5, 5.41) is 1.49. The zero-order chi connectivity index (χ0) is 28.2. The van der Waals surface area contributed by atoms with E-state index >= 15 is 0 Å². The molecule has 5 aromatic rings. The Morgan fingerprint density at radius 2 is 1.93 bits per heavy atom. The standard InChI is InChI=1S/C29H26F3N5O3/c1-15(2)39-22-9-7-19(18-8-10-24(29(30,31)32)35-25(18)22)27-36-26(23(13-33)40-27)28(38)37-12-11-17-16-5-3-4-6-20(16)34-21(17)14-37/h3-10,15,34H,11-14,33H2,1-2H3. The summed E-state index contributed by atoms with van der Waals surface area (Å²) >= 11 is 0. The molecular formula is C29H26F3N5O3. The fourth-order valence-electron chi connectivity index (χ4n) is 5.17. The zero-order valence-corrected chi connectivity index (χ0v) is 21.8. The Morgan fingerprint density at radius 1 is 1.12 bits per heavy atom. The summed E-state index contributed by atoms with van der Waals surface area (Å²) in [6, 6.07) is 13.4. The second kappa shape index (κ2) is 9.67. The van der Waals surface area contributed by atoms with Crippen LogP contribution in [0.25, 0.3) is 33.3 Å². The number of carbonyl (C=O) groups excluding carboxylic acids is 1. The van der Waals surface area contributed by atoms with Crippen LogP contribution in [0.3, 0.4) is 0 Å². The minimum absolute atomic E-state index is 0.0174. The number of hydrogen-bond acceptors (Lipinski definition) is 6. The third kappa shape index (κ3) is 4.45. The third-order valence-corrected chi connectivity index (χ3v) is 6.96. The van der Waals surface area contributed by atoms with Crippen molar-refractivity contribution in [3.63, 3.8) is 0 Å². The van der Waals surface area contributed by atoms with E-state index in [-0.39, 0.29) is 47.2 Å². The Kier molecular flexibility index (Phi) is 6.25. The minimum Gasteiger partial charge on any atom is -0.489 e. The van der Waals surface area contributed by atoms with Crippen LogP contribution in [-0.4, -0.2) is 38.4 Å². The number of benzene rings is 2. The molecule has 6 rings (SSSR count). The van der Waals surface area contributed by atoms with E-state index in [1.54, 1.807) is 24.8 Å². The van der Waals surface area contributed by atoms with Crippen LogP contribution in [0.5, 0.6) is 5.75 Å². The van der Waals surface area contributed by atoms with E-state index in [2.05, 4.69) is 21.0 Å². The molecular weight excluding hydrogens is 523 g/mol. The number of pyridine rings is 1. The Bertz CT molecular complexity index is 1760. The molecule has 0 saturated carbocycles. The molecule has 0 saturated heterocycles. The summed E-state index contributed by atoms with van der Waals surface area (Å²) in [5.41, 5.74) is 8.54. The number of ether oxygens (including phenoxy) is 1. The summed E-state index contributed by atoms with van der Waals surface area (Å²) in [7, 11) is 0. The molecule has 3 N–H and O–H groups in total. The molecule has 3 aromatic heterocycles. The van der Waals surface area contributed by atoms with Gasteiger partial charge in [0.1, 0.15) is 17.0 Å². The Labute approximate surface area is 227 Å². The number of H-pyrrole nitrogens is 1. The van der Waals surface area contributed by atoms with Crippen molar-refractivity contribution in [2.45, 2.75) is 45.6 Å². The van der Waals surface area contributed by atoms with E-state index in [0.717, 1.165) is 22.7 Å². The first-order valence-electron chi connectivity index (χ1n) is 12.9. The van der Waals surface area contributed by atoms with Crippen LogP contribution < -0.4 is 10.5 Å². The number of amides is 1. The Morgan fingerprint density at radius 3 is 2.67 bits per heavy atom. The van der Waals surface area contributed by atoms with Gasteiger partial charge in [-0.3, -0.25) is 4.79 Å². The maximum atomic E-state index is 13.6. The summed E-state index contributed by atoms with van der Waals surface area (Å²) in [6.45, 7) is 4.33. The number of halogens is 3. The number of nitrogens with zero attached hydrogens (tertiary/aromatic N) is 3. The molecule has 0 bridgehead atoms. The topological polar surface area (TPSA) is 110 Å². The van der Waals surface area contributed by atoms with Gasteiger partial charge >= 0.3 is 6.18 Å². The van der Waals surface area contributed by atoms with Gasteiger partial charge < -0.3 is 24.8 Å². The lowest BCUT2D eigenvalue weighted by atomic mass is 10.0. The van der Waals surface area contributed by atoms with Gasteiger partial charge in [-0.2, -0.15) is 13.2 Å². The van der Waals surface area contributed by atoms with Crippen molar-refractivity contribution < 1.29 is 27.1 Å². The maximum Gasteiger partial charge on any atom is 0.433 e. The maximum absolute atomic E-state index is 13.6. The molecule has 0 aliphatic carbocycles. The molecule has 8 nitrogen and oxygen atoms in total. The number of oxazole rings is 1. The molecule has 0 unspecified atom stereocenters. The second-order valence-electron chi connectivity index (χ2n) is 9.97. The van der Waals surface area contributed by atoms with Gasteiger partial charge in [-0.25, -0.2) is 9.97 Å². The Hall–Kier alpha value is -4.38. The van der Waals surface area contributed by atoms with Gasteiger partial charge in [-0.15, -0.1) is 0 Å². The van der Waals surface area contributed by atoms with Crippen LogP contribution in [0, 0.1) is 0 Å². The molecule has 1 amide bonds. The van der Waals surface area contributed by atoms with Crippen molar-refractivity contribution in [2.24, 2.45) is 5.73 Å². The minimum atomic E-state index is -4.63. The van der Waals surface area contributed by atoms with Gasteiger partial charge in [0, 0.05) is 34.1 Å². The van der Waals surface area contributed by atoms with Crippen molar-refractivity contribution >= 4 is 27.7 Å². The normalized spacial score (nSPS) is 13.8. The van der Waals surface area contributed by atoms with E-state index in [4.69, 9.17) is 14.9 Å². The van der Waals surface area contributed by atoms with Gasteiger partial charge in [0.2, 0.25) is 5.89 Å². The highest BCUT2D eigenvalue weighted by Gasteiger charge is 2.34. The number of para-hydroxylation sites is 1. The van der Waals surface area contributed by atoms with E-state index in [9.17, 15) is 18.0 Å². The van der Waals surface area contributed by atoms with Gasteiger partial charge in [0.15, 0.2) is 11.5 Å². The average Bonchev–Trinajstić information content (AvgIpc) is 3.53. The van der Waals surface area contributed by atoms with Crippen LogP contribution in [0.15, 0.2) is 52.9 Å². The SMILES string of the molecule is CC(C)Oc1ccc(-c2nc(C(=O)N3CCc4c([nH]c5ccccc45)C3)c(CN)o2)c2ccc(C(F)(F)F)nc12. The first-order chi connectivity index (χ1) is 19.1. The van der Waals surface area contributed by atoms with Crippen molar-refractivity contribution in [3.8, 4) is 17.2 Å². The molecule has 206 valence electrons. The zero-order valence-electron chi connectivity index (χ0n) is 21.8. The molecule has 0 radical (unpaired) electrons. The number of alkyl halides is 3. The summed E-state index contributed by atoms with van der Waals surface area (Å²) in [4.78, 5) is 27.1. The number of aromatic amines is 1. The van der Waals surface area contributed by atoms with E-state index in [1.165, 1.54) is 17.7 Å². The molecule has 0 fully saturated rings. The quantitative estimate of drug-likeness (QED) is 0.285. The fourth-order valence-corrected chi connectivity index (χ4v) is 5.17. The van der Waals surface area contributed by atoms with E-state index in [0.29, 0.717) is 30.5 Å². The lowest BCUT2D eigenvalue weighted by Crippen LogP contribution is -2.36.